The van der Waals surface area contributed by atoms with Crippen molar-refractivity contribution in [3.63, 3.8) is 0 Å². The number of alkyl halides is 1. The Morgan fingerprint density at radius 3 is 2.84 bits per heavy atom. The van der Waals surface area contributed by atoms with Gasteiger partial charge >= 0.3 is 0 Å². The average Bonchev–Trinajstić information content (AvgIpc) is 3.24. The maximum atomic E-state index is 12.8. The summed E-state index contributed by atoms with van der Waals surface area (Å²) < 4.78 is 12.6. The Labute approximate surface area is 188 Å². The lowest BCUT2D eigenvalue weighted by Crippen LogP contribution is -2.43. The van der Waals surface area contributed by atoms with E-state index < -0.39 is 0 Å². The van der Waals surface area contributed by atoms with E-state index >= 15 is 0 Å². The third-order valence-electron chi connectivity index (χ3n) is 5.60. The predicted octanol–water partition coefficient (Wildman–Crippen LogP) is 3.29. The van der Waals surface area contributed by atoms with Gasteiger partial charge in [-0.1, -0.05) is 6.07 Å². The van der Waals surface area contributed by atoms with Crippen LogP contribution in [0.2, 0.25) is 0 Å². The lowest BCUT2D eigenvalue weighted by atomic mass is 10.1. The first kappa shape index (κ1) is 20.4. The van der Waals surface area contributed by atoms with Crippen LogP contribution in [0.1, 0.15) is 6.42 Å². The van der Waals surface area contributed by atoms with Crippen LogP contribution < -0.4 is 25.3 Å². The normalized spacial score (nSPS) is 16.3. The first-order chi connectivity index (χ1) is 15.2. The minimum absolute atomic E-state index is 0.0283. The van der Waals surface area contributed by atoms with Crippen LogP contribution >= 0.6 is 22.9 Å². The smallest absolute Gasteiger partial charge is 0.228 e. The molecule has 3 aromatic rings. The van der Waals surface area contributed by atoms with Gasteiger partial charge in [-0.15, -0.1) is 22.9 Å². The van der Waals surface area contributed by atoms with E-state index in [1.165, 1.54) is 11.3 Å². The van der Waals surface area contributed by atoms with E-state index in [9.17, 15) is 9.59 Å². The van der Waals surface area contributed by atoms with Crippen molar-refractivity contribution in [2.45, 2.75) is 6.42 Å². The Balaban J connectivity index is 1.58. The molecular weight excluding hydrogens is 438 g/mol. The maximum Gasteiger partial charge on any atom is 0.228 e. The van der Waals surface area contributed by atoms with Crippen molar-refractivity contribution in [2.24, 2.45) is 0 Å². The zero-order valence-electron chi connectivity index (χ0n) is 16.9. The first-order valence-electron chi connectivity index (χ1n) is 10.3. The number of amides is 1. The Hall–Kier alpha value is -2.55. The molecule has 7 nitrogen and oxygen atoms in total. The van der Waals surface area contributed by atoms with Gasteiger partial charge in [-0.05, 0) is 17.7 Å². The van der Waals surface area contributed by atoms with Crippen molar-refractivity contribution < 1.29 is 13.9 Å². The van der Waals surface area contributed by atoms with Gasteiger partial charge in [-0.2, -0.15) is 0 Å². The molecule has 2 aromatic heterocycles. The topological polar surface area (TPSA) is 75.0 Å². The van der Waals surface area contributed by atoms with Crippen LogP contribution in [0, 0.1) is 0 Å². The third kappa shape index (κ3) is 3.79. The number of nitrogens with one attached hydrogen (secondary N) is 1. The Kier molecular flexibility index (Phi) is 5.60. The van der Waals surface area contributed by atoms with Gasteiger partial charge < -0.3 is 24.3 Å². The van der Waals surface area contributed by atoms with E-state index in [4.69, 9.17) is 20.8 Å². The van der Waals surface area contributed by atoms with Gasteiger partial charge in [0.25, 0.3) is 0 Å². The van der Waals surface area contributed by atoms with Gasteiger partial charge in [0.1, 0.15) is 17.1 Å². The lowest BCUT2D eigenvalue weighted by Gasteiger charge is -2.30. The number of nitrogens with zero attached hydrogens (tertiary/aromatic N) is 2. The fourth-order valence-electron chi connectivity index (χ4n) is 4.03. The minimum Gasteiger partial charge on any atom is -0.490 e. The van der Waals surface area contributed by atoms with Crippen LogP contribution in [-0.4, -0.2) is 51.1 Å². The molecule has 4 heterocycles. The second-order valence-corrected chi connectivity index (χ2v) is 8.77. The number of ether oxygens (including phenoxy) is 1. The molecule has 0 bridgehead atoms. The molecular formula is C22H22ClN3O4S. The molecule has 0 saturated carbocycles. The van der Waals surface area contributed by atoms with Crippen molar-refractivity contribution >= 4 is 50.7 Å². The van der Waals surface area contributed by atoms with E-state index in [-0.39, 0.29) is 23.6 Å². The molecule has 0 unspecified atom stereocenters. The highest BCUT2D eigenvalue weighted by atomic mass is 35.5. The molecule has 162 valence electrons. The summed E-state index contributed by atoms with van der Waals surface area (Å²) in [6.07, 6.45) is 0.273. The van der Waals surface area contributed by atoms with Crippen molar-refractivity contribution in [2.75, 3.05) is 55.0 Å². The number of thiophene rings is 1. The van der Waals surface area contributed by atoms with Crippen LogP contribution in [0.5, 0.6) is 5.75 Å². The molecule has 31 heavy (non-hydrogen) atoms. The third-order valence-corrected chi connectivity index (χ3v) is 6.77. The second kappa shape index (κ2) is 8.53. The zero-order valence-corrected chi connectivity index (χ0v) is 18.4. The molecule has 2 aliphatic heterocycles. The summed E-state index contributed by atoms with van der Waals surface area (Å²) in [4.78, 5) is 29.1. The summed E-state index contributed by atoms with van der Waals surface area (Å²) >= 11 is 7.16. The summed E-state index contributed by atoms with van der Waals surface area (Å²) in [5, 5.41) is 5.25. The molecule has 0 atom stereocenters. The van der Waals surface area contributed by atoms with Gasteiger partial charge in [0, 0.05) is 55.5 Å². The fraction of sp³-hybridized carbons (Fsp3) is 0.364. The number of carbonyl (C=O) groups is 1. The highest BCUT2D eigenvalue weighted by Crippen LogP contribution is 2.40. The van der Waals surface area contributed by atoms with E-state index in [0.717, 1.165) is 43.0 Å². The van der Waals surface area contributed by atoms with Gasteiger partial charge in [0.15, 0.2) is 11.5 Å². The average molecular weight is 460 g/mol. The van der Waals surface area contributed by atoms with Gasteiger partial charge in [0.2, 0.25) is 11.3 Å². The van der Waals surface area contributed by atoms with E-state index in [0.29, 0.717) is 35.1 Å². The van der Waals surface area contributed by atoms with Crippen LogP contribution in [0.4, 0.5) is 11.6 Å². The highest BCUT2D eigenvalue weighted by molar-refractivity contribution is 7.17. The van der Waals surface area contributed by atoms with Crippen molar-refractivity contribution in [3.05, 3.63) is 39.9 Å². The van der Waals surface area contributed by atoms with E-state index in [1.807, 2.05) is 23.6 Å². The number of halogens is 1. The molecule has 0 radical (unpaired) electrons. The molecule has 1 N–H and O–H groups in total. The molecule has 0 spiro atoms. The summed E-state index contributed by atoms with van der Waals surface area (Å²) in [7, 11) is 0. The lowest BCUT2D eigenvalue weighted by molar-refractivity contribution is -0.118. The number of anilines is 2. The number of benzene rings is 1. The summed E-state index contributed by atoms with van der Waals surface area (Å²) in [6, 6.07) is 7.32. The SMILES string of the molecule is O=C(CCCl)N1CCOc2ccc(-c3csc4c(=O)cc(N5CCNCC5)oc34)cc21. The monoisotopic (exact) mass is 459 g/mol. The van der Waals surface area contributed by atoms with Crippen molar-refractivity contribution in [1.82, 2.24) is 5.32 Å². The largest absolute Gasteiger partial charge is 0.490 e. The standard InChI is InChI=1S/C22H22ClN3O4S/c23-4-3-19(28)26-9-10-29-18-2-1-14(11-16(18)26)15-13-31-22-17(27)12-20(30-21(15)22)25-7-5-24-6-8-25/h1-2,11-13,24H,3-10H2. The summed E-state index contributed by atoms with van der Waals surface area (Å²) in [5.74, 6) is 1.51. The molecule has 1 amide bonds. The number of hydrogen-bond donors (Lipinski definition) is 1. The molecule has 9 heteroatoms. The first-order valence-corrected chi connectivity index (χ1v) is 11.7. The van der Waals surface area contributed by atoms with Gasteiger partial charge in [-0.25, -0.2) is 0 Å². The van der Waals surface area contributed by atoms with E-state index in [1.54, 1.807) is 11.0 Å². The zero-order chi connectivity index (χ0) is 21.4. The molecule has 1 aromatic carbocycles. The summed E-state index contributed by atoms with van der Waals surface area (Å²) in [6.45, 7) is 4.23. The molecule has 1 fully saturated rings. The maximum absolute atomic E-state index is 12.8. The fourth-order valence-corrected chi connectivity index (χ4v) is 5.10. The van der Waals surface area contributed by atoms with Crippen LogP contribution in [-0.2, 0) is 4.79 Å². The quantitative estimate of drug-likeness (QED) is 0.603. The van der Waals surface area contributed by atoms with Gasteiger partial charge in [-0.3, -0.25) is 9.59 Å². The summed E-state index contributed by atoms with van der Waals surface area (Å²) in [5.41, 5.74) is 2.98. The minimum atomic E-state index is -0.0359. The van der Waals surface area contributed by atoms with Crippen molar-refractivity contribution in [1.29, 1.82) is 0 Å². The second-order valence-electron chi connectivity index (χ2n) is 7.51. The number of hydrogen-bond acceptors (Lipinski definition) is 7. The van der Waals surface area contributed by atoms with Crippen LogP contribution in [0.3, 0.4) is 0 Å². The van der Waals surface area contributed by atoms with Gasteiger partial charge in [0.05, 0.1) is 12.2 Å². The molecule has 1 saturated heterocycles. The van der Waals surface area contributed by atoms with Crippen molar-refractivity contribution in [3.8, 4) is 16.9 Å². The Morgan fingerprint density at radius 1 is 1.19 bits per heavy atom. The Bertz CT molecular complexity index is 1190. The molecule has 5 rings (SSSR count). The number of carbonyl (C=O) groups excluding carboxylic acids is 1. The number of rotatable bonds is 4. The van der Waals surface area contributed by atoms with E-state index in [2.05, 4.69) is 10.2 Å². The number of fused-ring (bicyclic) bond motifs is 2. The molecule has 0 aliphatic carbocycles. The number of piperazine rings is 1. The predicted molar refractivity (Wildman–Crippen MR) is 124 cm³/mol. The van der Waals surface area contributed by atoms with Crippen LogP contribution in [0.15, 0.2) is 38.9 Å². The molecule has 2 aliphatic rings. The Morgan fingerprint density at radius 2 is 2.03 bits per heavy atom. The van der Waals surface area contributed by atoms with Crippen LogP contribution in [0.25, 0.3) is 21.4 Å². The highest BCUT2D eigenvalue weighted by Gasteiger charge is 2.25.